The summed E-state index contributed by atoms with van der Waals surface area (Å²) >= 11 is 3.75. The van der Waals surface area contributed by atoms with E-state index >= 15 is 0 Å². The Balaban J connectivity index is 1.01. The second-order valence-electron chi connectivity index (χ2n) is 14.1. The van der Waals surface area contributed by atoms with E-state index in [-0.39, 0.29) is 0 Å². The first-order valence-electron chi connectivity index (χ1n) is 18.7. The first-order chi connectivity index (χ1) is 27.2. The summed E-state index contributed by atoms with van der Waals surface area (Å²) in [7, 11) is 0. The lowest BCUT2D eigenvalue weighted by Gasteiger charge is -2.26. The van der Waals surface area contributed by atoms with Gasteiger partial charge in [-0.2, -0.15) is 0 Å². The topological polar surface area (TPSA) is 3.24 Å². The van der Waals surface area contributed by atoms with Crippen LogP contribution in [0.25, 0.3) is 84.5 Å². The molecule has 0 N–H and O–H groups in total. The summed E-state index contributed by atoms with van der Waals surface area (Å²) in [5, 5.41) is 7.76. The van der Waals surface area contributed by atoms with E-state index in [1.54, 1.807) is 0 Å². The van der Waals surface area contributed by atoms with Crippen LogP contribution in [0.4, 0.5) is 17.1 Å². The van der Waals surface area contributed by atoms with Crippen LogP contribution in [0.2, 0.25) is 0 Å². The second kappa shape index (κ2) is 13.1. The number of fused-ring (bicyclic) bond motifs is 7. The number of hydrogen-bond donors (Lipinski definition) is 0. The number of anilines is 3. The van der Waals surface area contributed by atoms with Crippen molar-refractivity contribution in [1.29, 1.82) is 0 Å². The van der Waals surface area contributed by atoms with Gasteiger partial charge in [0.25, 0.3) is 0 Å². The van der Waals surface area contributed by atoms with Crippen LogP contribution in [0.15, 0.2) is 200 Å². The molecule has 0 atom stereocenters. The molecule has 0 aliphatic heterocycles. The standard InChI is InChI=1S/C52H33NS2/c1-2-11-37-33-40(23-22-34(37)10-1)39-13-7-12-38(32-39)35-24-28-41(29-25-35)53(48-19-9-18-47-45-15-4-6-21-50(45)55-52(47)48)42-30-26-36(27-31-42)43-16-8-17-46-44-14-3-5-20-49(44)54-51(43)46/h1-33H. The van der Waals surface area contributed by atoms with Gasteiger partial charge in [0.2, 0.25) is 0 Å². The summed E-state index contributed by atoms with van der Waals surface area (Å²) < 4.78 is 5.25. The van der Waals surface area contributed by atoms with Crippen molar-refractivity contribution in [2.24, 2.45) is 0 Å². The van der Waals surface area contributed by atoms with E-state index in [1.807, 2.05) is 22.7 Å². The number of nitrogens with zero attached hydrogens (tertiary/aromatic N) is 1. The molecule has 1 nitrogen and oxygen atoms in total. The van der Waals surface area contributed by atoms with E-state index in [9.17, 15) is 0 Å². The van der Waals surface area contributed by atoms with Gasteiger partial charge in [0.1, 0.15) is 0 Å². The Morgan fingerprint density at radius 1 is 0.309 bits per heavy atom. The predicted molar refractivity (Wildman–Crippen MR) is 241 cm³/mol. The minimum atomic E-state index is 1.12. The molecule has 0 aliphatic carbocycles. The fourth-order valence-electron chi connectivity index (χ4n) is 8.15. The van der Waals surface area contributed by atoms with Gasteiger partial charge in [-0.1, -0.05) is 146 Å². The fourth-order valence-corrected chi connectivity index (χ4v) is 10.6. The van der Waals surface area contributed by atoms with E-state index in [0.29, 0.717) is 0 Å². The molecule has 3 heteroatoms. The third kappa shape index (κ3) is 5.51. The van der Waals surface area contributed by atoms with Crippen LogP contribution in [-0.4, -0.2) is 0 Å². The fraction of sp³-hybridized carbons (Fsp3) is 0. The van der Waals surface area contributed by atoms with Crippen LogP contribution in [0.3, 0.4) is 0 Å². The lowest BCUT2D eigenvalue weighted by Crippen LogP contribution is -2.10. The minimum absolute atomic E-state index is 1.12. The maximum absolute atomic E-state index is 2.43. The Kier molecular flexibility index (Phi) is 7.61. The van der Waals surface area contributed by atoms with Crippen molar-refractivity contribution in [3.63, 3.8) is 0 Å². The SMILES string of the molecule is c1cc(-c2ccc(N(c3ccc(-c4cccc5c4sc4ccccc45)cc3)c3cccc4c3sc3ccccc34)cc2)cc(-c2ccc3ccccc3c2)c1. The zero-order chi connectivity index (χ0) is 36.3. The van der Waals surface area contributed by atoms with E-state index < -0.39 is 0 Å². The number of rotatable bonds is 6. The van der Waals surface area contributed by atoms with Crippen LogP contribution in [-0.2, 0) is 0 Å². The Morgan fingerprint density at radius 2 is 0.818 bits per heavy atom. The van der Waals surface area contributed by atoms with Gasteiger partial charge >= 0.3 is 0 Å². The van der Waals surface area contributed by atoms with Crippen molar-refractivity contribution in [2.75, 3.05) is 4.90 Å². The van der Waals surface area contributed by atoms with Crippen molar-refractivity contribution in [1.82, 2.24) is 0 Å². The van der Waals surface area contributed by atoms with Crippen LogP contribution in [0, 0.1) is 0 Å². The van der Waals surface area contributed by atoms with Gasteiger partial charge in [-0.15, -0.1) is 22.7 Å². The zero-order valence-electron chi connectivity index (χ0n) is 29.8. The highest BCUT2D eigenvalue weighted by Gasteiger charge is 2.19. The molecular weight excluding hydrogens is 703 g/mol. The molecule has 258 valence electrons. The Bertz CT molecular complexity index is 3200. The molecule has 0 fully saturated rings. The van der Waals surface area contributed by atoms with Gasteiger partial charge in [0.15, 0.2) is 0 Å². The Labute approximate surface area is 327 Å². The smallest absolute Gasteiger partial charge is 0.0640 e. The van der Waals surface area contributed by atoms with Crippen LogP contribution < -0.4 is 4.90 Å². The summed E-state index contributed by atoms with van der Waals surface area (Å²) in [6.07, 6.45) is 0. The molecule has 2 heterocycles. The third-order valence-electron chi connectivity index (χ3n) is 10.9. The van der Waals surface area contributed by atoms with Crippen molar-refractivity contribution in [3.8, 4) is 33.4 Å². The highest BCUT2D eigenvalue weighted by Crippen LogP contribution is 2.46. The van der Waals surface area contributed by atoms with Crippen LogP contribution >= 0.6 is 22.7 Å². The molecular formula is C52H33NS2. The summed E-state index contributed by atoms with van der Waals surface area (Å²) in [6.45, 7) is 0. The molecule has 0 aliphatic rings. The van der Waals surface area contributed by atoms with Gasteiger partial charge in [0, 0.05) is 47.0 Å². The van der Waals surface area contributed by atoms with Gasteiger partial charge in [-0.05, 0) is 98.8 Å². The average molecular weight is 736 g/mol. The van der Waals surface area contributed by atoms with E-state index in [0.717, 1.165) is 11.4 Å². The van der Waals surface area contributed by atoms with Crippen molar-refractivity contribution in [2.45, 2.75) is 0 Å². The van der Waals surface area contributed by atoms with Crippen LogP contribution in [0.5, 0.6) is 0 Å². The first-order valence-corrected chi connectivity index (χ1v) is 20.3. The quantitative estimate of drug-likeness (QED) is 0.164. The van der Waals surface area contributed by atoms with E-state index in [2.05, 4.69) is 205 Å². The summed E-state index contributed by atoms with van der Waals surface area (Å²) in [5.41, 5.74) is 10.8. The van der Waals surface area contributed by atoms with Crippen LogP contribution in [0.1, 0.15) is 0 Å². The second-order valence-corrected chi connectivity index (χ2v) is 16.2. The van der Waals surface area contributed by atoms with Crippen molar-refractivity contribution in [3.05, 3.63) is 200 Å². The maximum Gasteiger partial charge on any atom is 0.0640 e. The molecule has 9 aromatic carbocycles. The third-order valence-corrected chi connectivity index (χ3v) is 13.3. The largest absolute Gasteiger partial charge is 0.309 e. The zero-order valence-corrected chi connectivity index (χ0v) is 31.4. The molecule has 55 heavy (non-hydrogen) atoms. The van der Waals surface area contributed by atoms with Crippen molar-refractivity contribution >= 4 is 90.9 Å². The molecule has 0 spiro atoms. The Hall–Kier alpha value is -6.52. The molecule has 0 radical (unpaired) electrons. The summed E-state index contributed by atoms with van der Waals surface area (Å²) in [4.78, 5) is 2.43. The van der Waals surface area contributed by atoms with E-state index in [1.165, 1.54) is 90.2 Å². The molecule has 0 bridgehead atoms. The van der Waals surface area contributed by atoms with Gasteiger partial charge in [-0.3, -0.25) is 0 Å². The normalized spacial score (nSPS) is 11.6. The average Bonchev–Trinajstić information content (AvgIpc) is 3.84. The molecule has 0 unspecified atom stereocenters. The molecule has 0 amide bonds. The number of thiophene rings is 2. The van der Waals surface area contributed by atoms with Gasteiger partial charge in [0.05, 0.1) is 10.4 Å². The molecule has 2 aromatic heterocycles. The van der Waals surface area contributed by atoms with E-state index in [4.69, 9.17) is 0 Å². The Morgan fingerprint density at radius 3 is 1.55 bits per heavy atom. The monoisotopic (exact) mass is 735 g/mol. The lowest BCUT2D eigenvalue weighted by atomic mass is 9.97. The number of hydrogen-bond acceptors (Lipinski definition) is 3. The summed E-state index contributed by atoms with van der Waals surface area (Å²) in [5.74, 6) is 0. The first kappa shape index (κ1) is 32.0. The van der Waals surface area contributed by atoms with Gasteiger partial charge in [-0.25, -0.2) is 0 Å². The summed E-state index contributed by atoms with van der Waals surface area (Å²) in [6, 6.07) is 73.4. The predicted octanol–water partition coefficient (Wildman–Crippen LogP) is 16.0. The molecule has 11 rings (SSSR count). The highest BCUT2D eigenvalue weighted by molar-refractivity contribution is 7.26. The maximum atomic E-state index is 2.43. The minimum Gasteiger partial charge on any atom is -0.309 e. The molecule has 0 saturated heterocycles. The lowest BCUT2D eigenvalue weighted by molar-refractivity contribution is 1.30. The molecule has 11 aromatic rings. The van der Waals surface area contributed by atoms with Gasteiger partial charge < -0.3 is 4.90 Å². The van der Waals surface area contributed by atoms with Crippen molar-refractivity contribution < 1.29 is 0 Å². The molecule has 0 saturated carbocycles. The number of benzene rings is 9. The highest BCUT2D eigenvalue weighted by atomic mass is 32.1.